The Hall–Kier alpha value is -1.63. The molecule has 2 fully saturated rings. The van der Waals surface area contributed by atoms with Crippen molar-refractivity contribution in [1.82, 2.24) is 9.80 Å². The van der Waals surface area contributed by atoms with E-state index in [0.29, 0.717) is 26.1 Å². The first kappa shape index (κ1) is 18.2. The predicted molar refractivity (Wildman–Crippen MR) is 85.2 cm³/mol. The highest BCUT2D eigenvalue weighted by Gasteiger charge is 2.40. The van der Waals surface area contributed by atoms with Crippen LogP contribution < -0.4 is 0 Å². The SMILES string of the molecule is CN1CC2(CCC1=O)CCN(Cc1cc(F)ccc1C(F)(F)F)CC2. The molecule has 0 radical (unpaired) electrons. The average Bonchev–Trinajstić information content (AvgIpc) is 2.53. The van der Waals surface area contributed by atoms with Gasteiger partial charge < -0.3 is 4.90 Å². The maximum atomic E-state index is 13.4. The molecular formula is C18H22F4N2O. The van der Waals surface area contributed by atoms with Gasteiger partial charge in [-0.15, -0.1) is 0 Å². The number of alkyl halides is 3. The number of nitrogens with zero attached hydrogens (tertiary/aromatic N) is 2. The van der Waals surface area contributed by atoms with Crippen molar-refractivity contribution in [3.05, 3.63) is 35.1 Å². The molecule has 3 rings (SSSR count). The van der Waals surface area contributed by atoms with Crippen molar-refractivity contribution in [2.45, 2.75) is 38.4 Å². The van der Waals surface area contributed by atoms with Gasteiger partial charge in [-0.25, -0.2) is 4.39 Å². The topological polar surface area (TPSA) is 23.6 Å². The molecule has 1 aromatic rings. The second kappa shape index (κ2) is 6.59. The fourth-order valence-electron chi connectivity index (χ4n) is 4.04. The van der Waals surface area contributed by atoms with Gasteiger partial charge in [0.1, 0.15) is 5.82 Å². The van der Waals surface area contributed by atoms with Gasteiger partial charge in [0.15, 0.2) is 0 Å². The molecule has 2 aliphatic rings. The number of hydrogen-bond donors (Lipinski definition) is 0. The van der Waals surface area contributed by atoms with Crippen molar-refractivity contribution >= 4 is 5.91 Å². The van der Waals surface area contributed by atoms with E-state index in [2.05, 4.69) is 0 Å². The van der Waals surface area contributed by atoms with Crippen molar-refractivity contribution in [2.75, 3.05) is 26.7 Å². The number of benzene rings is 1. The van der Waals surface area contributed by atoms with E-state index in [9.17, 15) is 22.4 Å². The number of halogens is 4. The zero-order valence-corrected chi connectivity index (χ0v) is 14.2. The van der Waals surface area contributed by atoms with Gasteiger partial charge in [-0.1, -0.05) is 0 Å². The van der Waals surface area contributed by atoms with Crippen molar-refractivity contribution in [2.24, 2.45) is 5.41 Å². The van der Waals surface area contributed by atoms with Crippen LogP contribution in [0.2, 0.25) is 0 Å². The van der Waals surface area contributed by atoms with Crippen LogP contribution in [0.4, 0.5) is 17.6 Å². The number of carbonyl (C=O) groups is 1. The van der Waals surface area contributed by atoms with Crippen LogP contribution >= 0.6 is 0 Å². The molecule has 3 nitrogen and oxygen atoms in total. The Morgan fingerprint density at radius 1 is 1.16 bits per heavy atom. The van der Waals surface area contributed by atoms with Crippen molar-refractivity contribution < 1.29 is 22.4 Å². The van der Waals surface area contributed by atoms with E-state index in [1.165, 1.54) is 0 Å². The predicted octanol–water partition coefficient (Wildman–Crippen LogP) is 3.68. The number of piperidine rings is 2. The molecule has 25 heavy (non-hydrogen) atoms. The third-order valence-corrected chi connectivity index (χ3v) is 5.55. The van der Waals surface area contributed by atoms with E-state index in [4.69, 9.17) is 0 Å². The van der Waals surface area contributed by atoms with E-state index in [0.717, 1.165) is 37.5 Å². The Labute approximate surface area is 144 Å². The highest BCUT2D eigenvalue weighted by molar-refractivity contribution is 5.76. The van der Waals surface area contributed by atoms with Crippen LogP contribution in [0.5, 0.6) is 0 Å². The lowest BCUT2D eigenvalue weighted by Crippen LogP contribution is -2.50. The van der Waals surface area contributed by atoms with Gasteiger partial charge in [0.25, 0.3) is 0 Å². The van der Waals surface area contributed by atoms with E-state index < -0.39 is 17.6 Å². The molecule has 0 aliphatic carbocycles. The zero-order valence-electron chi connectivity index (χ0n) is 14.2. The molecule has 0 atom stereocenters. The molecule has 2 heterocycles. The largest absolute Gasteiger partial charge is 0.416 e. The minimum Gasteiger partial charge on any atom is -0.345 e. The number of carbonyl (C=O) groups excluding carboxylic acids is 1. The fourth-order valence-corrected chi connectivity index (χ4v) is 4.04. The van der Waals surface area contributed by atoms with Gasteiger partial charge in [0.2, 0.25) is 5.91 Å². The summed E-state index contributed by atoms with van der Waals surface area (Å²) in [7, 11) is 1.80. The van der Waals surface area contributed by atoms with Crippen LogP contribution in [-0.2, 0) is 17.5 Å². The maximum Gasteiger partial charge on any atom is 0.416 e. The first-order valence-corrected chi connectivity index (χ1v) is 8.51. The van der Waals surface area contributed by atoms with E-state index in [1.807, 2.05) is 4.90 Å². The molecule has 0 unspecified atom stereocenters. The van der Waals surface area contributed by atoms with Crippen LogP contribution in [0.15, 0.2) is 18.2 Å². The Kier molecular flexibility index (Phi) is 4.79. The molecule has 138 valence electrons. The molecule has 2 saturated heterocycles. The highest BCUT2D eigenvalue weighted by atomic mass is 19.4. The third kappa shape index (κ3) is 3.97. The minimum atomic E-state index is -4.48. The molecule has 0 bridgehead atoms. The average molecular weight is 358 g/mol. The highest BCUT2D eigenvalue weighted by Crippen LogP contribution is 2.40. The normalized spacial score (nSPS) is 21.8. The number of rotatable bonds is 2. The Morgan fingerprint density at radius 2 is 1.84 bits per heavy atom. The second-order valence-electron chi connectivity index (χ2n) is 7.33. The van der Waals surface area contributed by atoms with Crippen molar-refractivity contribution in [1.29, 1.82) is 0 Å². The molecule has 7 heteroatoms. The molecule has 0 aromatic heterocycles. The quantitative estimate of drug-likeness (QED) is 0.753. The van der Waals surface area contributed by atoms with Gasteiger partial charge in [0, 0.05) is 26.6 Å². The summed E-state index contributed by atoms with van der Waals surface area (Å²) in [5, 5.41) is 0. The zero-order chi connectivity index (χ0) is 18.2. The molecular weight excluding hydrogens is 336 g/mol. The Bertz CT molecular complexity index is 651. The van der Waals surface area contributed by atoms with Crippen LogP contribution in [0.1, 0.15) is 36.8 Å². The number of hydrogen-bond acceptors (Lipinski definition) is 2. The first-order valence-electron chi connectivity index (χ1n) is 8.51. The van der Waals surface area contributed by atoms with Crippen LogP contribution in [0, 0.1) is 11.2 Å². The lowest BCUT2D eigenvalue weighted by Gasteiger charge is -2.46. The Balaban J connectivity index is 1.67. The summed E-state index contributed by atoms with van der Waals surface area (Å²) >= 11 is 0. The summed E-state index contributed by atoms with van der Waals surface area (Å²) in [6.45, 7) is 2.14. The van der Waals surface area contributed by atoms with Gasteiger partial charge in [0.05, 0.1) is 5.56 Å². The van der Waals surface area contributed by atoms with E-state index in [1.54, 1.807) is 11.9 Å². The van der Waals surface area contributed by atoms with Crippen LogP contribution in [0.3, 0.4) is 0 Å². The lowest BCUT2D eigenvalue weighted by atomic mass is 9.72. The second-order valence-corrected chi connectivity index (χ2v) is 7.33. The van der Waals surface area contributed by atoms with E-state index >= 15 is 0 Å². The summed E-state index contributed by atoms with van der Waals surface area (Å²) < 4.78 is 52.8. The molecule has 0 saturated carbocycles. The number of amides is 1. The summed E-state index contributed by atoms with van der Waals surface area (Å²) in [4.78, 5) is 15.4. The Morgan fingerprint density at radius 3 is 2.44 bits per heavy atom. The smallest absolute Gasteiger partial charge is 0.345 e. The summed E-state index contributed by atoms with van der Waals surface area (Å²) in [6.07, 6.45) is -1.40. The maximum absolute atomic E-state index is 13.4. The van der Waals surface area contributed by atoms with Gasteiger partial charge in [-0.05, 0) is 61.5 Å². The molecule has 1 spiro atoms. The van der Waals surface area contributed by atoms with Gasteiger partial charge in [-0.3, -0.25) is 9.69 Å². The summed E-state index contributed by atoms with van der Waals surface area (Å²) in [5.41, 5.74) is -0.704. The first-order chi connectivity index (χ1) is 11.7. The van der Waals surface area contributed by atoms with E-state index in [-0.39, 0.29) is 23.4 Å². The van der Waals surface area contributed by atoms with Gasteiger partial charge in [-0.2, -0.15) is 13.2 Å². The molecule has 0 N–H and O–H groups in total. The van der Waals surface area contributed by atoms with Crippen LogP contribution in [-0.4, -0.2) is 42.4 Å². The molecule has 1 aromatic carbocycles. The fraction of sp³-hybridized carbons (Fsp3) is 0.611. The van der Waals surface area contributed by atoms with Crippen molar-refractivity contribution in [3.8, 4) is 0 Å². The molecule has 2 aliphatic heterocycles. The van der Waals surface area contributed by atoms with Crippen molar-refractivity contribution in [3.63, 3.8) is 0 Å². The lowest BCUT2D eigenvalue weighted by molar-refractivity contribution is -0.138. The molecule has 1 amide bonds. The number of likely N-dealkylation sites (tertiary alicyclic amines) is 2. The minimum absolute atomic E-state index is 0.0145. The summed E-state index contributed by atoms with van der Waals surface area (Å²) in [5.74, 6) is -0.494. The van der Waals surface area contributed by atoms with Crippen LogP contribution in [0.25, 0.3) is 0 Å². The van der Waals surface area contributed by atoms with Gasteiger partial charge >= 0.3 is 6.18 Å². The standard InChI is InChI=1S/C18H22F4N2O/c1-23-12-17(5-4-16(23)25)6-8-24(9-7-17)11-13-10-14(19)2-3-15(13)18(20,21)22/h2-3,10H,4-9,11-12H2,1H3. The third-order valence-electron chi connectivity index (χ3n) is 5.55. The summed E-state index contributed by atoms with van der Waals surface area (Å²) in [6, 6.07) is 2.66. The monoisotopic (exact) mass is 358 g/mol.